The number of carbonyl (C=O) groups is 1. The molecule has 22 heavy (non-hydrogen) atoms. The van der Waals surface area contributed by atoms with Crippen LogP contribution < -0.4 is 10.2 Å². The second-order valence-electron chi connectivity index (χ2n) is 5.67. The Morgan fingerprint density at radius 2 is 1.95 bits per heavy atom. The Balaban J connectivity index is 2.13. The molecule has 0 fully saturated rings. The summed E-state index contributed by atoms with van der Waals surface area (Å²) in [6, 6.07) is 15.8. The number of anilines is 2. The normalized spacial score (nSPS) is 16.4. The van der Waals surface area contributed by atoms with Crippen LogP contribution in [0.5, 0.6) is 0 Å². The van der Waals surface area contributed by atoms with Crippen molar-refractivity contribution in [3.05, 3.63) is 59.2 Å². The zero-order chi connectivity index (χ0) is 15.7. The molecule has 0 saturated carbocycles. The minimum atomic E-state index is -0.0733. The van der Waals surface area contributed by atoms with Crippen molar-refractivity contribution in [1.82, 2.24) is 0 Å². The number of nitrogens with one attached hydrogen (secondary N) is 1. The molecule has 1 N–H and O–H groups in total. The third-order valence-corrected chi connectivity index (χ3v) is 4.05. The maximum atomic E-state index is 12.1. The van der Waals surface area contributed by atoms with Crippen molar-refractivity contribution in [2.45, 2.75) is 12.3 Å². The van der Waals surface area contributed by atoms with E-state index >= 15 is 0 Å². The van der Waals surface area contributed by atoms with Crippen LogP contribution in [0.25, 0.3) is 0 Å². The van der Waals surface area contributed by atoms with Crippen molar-refractivity contribution in [3.63, 3.8) is 0 Å². The van der Waals surface area contributed by atoms with Crippen molar-refractivity contribution in [1.29, 1.82) is 5.26 Å². The molecule has 1 amide bonds. The number of benzene rings is 2. The average Bonchev–Trinajstić information content (AvgIpc) is 2.53. The van der Waals surface area contributed by atoms with E-state index in [1.165, 1.54) is 0 Å². The average molecular weight is 291 g/mol. The summed E-state index contributed by atoms with van der Waals surface area (Å²) in [6.45, 7) is 0. The molecule has 1 aliphatic rings. The monoisotopic (exact) mass is 291 g/mol. The Kier molecular flexibility index (Phi) is 3.56. The van der Waals surface area contributed by atoms with Gasteiger partial charge in [0.2, 0.25) is 5.91 Å². The summed E-state index contributed by atoms with van der Waals surface area (Å²) in [4.78, 5) is 14.1. The molecule has 2 aromatic rings. The van der Waals surface area contributed by atoms with Gasteiger partial charge in [0.1, 0.15) is 0 Å². The third-order valence-electron chi connectivity index (χ3n) is 4.05. The molecular weight excluding hydrogens is 274 g/mol. The van der Waals surface area contributed by atoms with Crippen molar-refractivity contribution in [2.24, 2.45) is 0 Å². The maximum Gasteiger partial charge on any atom is 0.225 e. The van der Waals surface area contributed by atoms with Crippen molar-refractivity contribution >= 4 is 17.3 Å². The van der Waals surface area contributed by atoms with Crippen LogP contribution >= 0.6 is 0 Å². The molecule has 0 bridgehead atoms. The highest BCUT2D eigenvalue weighted by Gasteiger charge is 2.28. The molecule has 4 nitrogen and oxygen atoms in total. The number of carbonyl (C=O) groups excluding carboxylic acids is 1. The van der Waals surface area contributed by atoms with Gasteiger partial charge in [-0.05, 0) is 29.3 Å². The van der Waals surface area contributed by atoms with Crippen LogP contribution in [-0.2, 0) is 4.79 Å². The summed E-state index contributed by atoms with van der Waals surface area (Å²) >= 11 is 0. The lowest BCUT2D eigenvalue weighted by molar-refractivity contribution is -0.116. The molecule has 0 saturated heterocycles. The topological polar surface area (TPSA) is 56.1 Å². The van der Waals surface area contributed by atoms with Crippen LogP contribution in [0, 0.1) is 11.3 Å². The van der Waals surface area contributed by atoms with E-state index in [4.69, 9.17) is 0 Å². The minimum Gasteiger partial charge on any atom is -0.378 e. The van der Waals surface area contributed by atoms with Crippen LogP contribution in [0.2, 0.25) is 0 Å². The van der Waals surface area contributed by atoms with Crippen LogP contribution in [-0.4, -0.2) is 20.0 Å². The van der Waals surface area contributed by atoms with E-state index < -0.39 is 0 Å². The van der Waals surface area contributed by atoms with Gasteiger partial charge in [0.25, 0.3) is 0 Å². The molecule has 1 aliphatic heterocycles. The van der Waals surface area contributed by atoms with Crippen molar-refractivity contribution in [2.75, 3.05) is 24.3 Å². The van der Waals surface area contributed by atoms with E-state index in [2.05, 4.69) is 11.4 Å². The molecule has 1 unspecified atom stereocenters. The van der Waals surface area contributed by atoms with Gasteiger partial charge in [-0.2, -0.15) is 5.26 Å². The summed E-state index contributed by atoms with van der Waals surface area (Å²) in [5.74, 6) is -0.0861. The van der Waals surface area contributed by atoms with Gasteiger partial charge in [0.05, 0.1) is 11.6 Å². The first-order valence-electron chi connectivity index (χ1n) is 7.20. The predicted molar refractivity (Wildman–Crippen MR) is 87.0 cm³/mol. The Hall–Kier alpha value is -2.80. The number of rotatable bonds is 2. The third kappa shape index (κ3) is 2.42. The van der Waals surface area contributed by atoms with Gasteiger partial charge in [0.15, 0.2) is 0 Å². The molecule has 4 heteroatoms. The number of amides is 1. The minimum absolute atomic E-state index is 0.0128. The fraction of sp³-hybridized carbons (Fsp3) is 0.222. The van der Waals surface area contributed by atoms with Gasteiger partial charge in [-0.25, -0.2) is 0 Å². The Morgan fingerprint density at radius 1 is 1.18 bits per heavy atom. The van der Waals surface area contributed by atoms with Crippen LogP contribution in [0.4, 0.5) is 11.4 Å². The zero-order valence-corrected chi connectivity index (χ0v) is 12.6. The second-order valence-corrected chi connectivity index (χ2v) is 5.67. The summed E-state index contributed by atoms with van der Waals surface area (Å²) in [6.07, 6.45) is 0.368. The first-order valence-corrected chi connectivity index (χ1v) is 7.20. The van der Waals surface area contributed by atoms with Gasteiger partial charge < -0.3 is 10.2 Å². The van der Waals surface area contributed by atoms with Gasteiger partial charge in [-0.1, -0.05) is 24.3 Å². The molecule has 110 valence electrons. The van der Waals surface area contributed by atoms with Gasteiger partial charge in [-0.15, -0.1) is 0 Å². The maximum absolute atomic E-state index is 12.1. The summed E-state index contributed by atoms with van der Waals surface area (Å²) in [7, 11) is 3.93. The molecule has 0 aromatic heterocycles. The lowest BCUT2D eigenvalue weighted by atomic mass is 9.82. The first kappa shape index (κ1) is 14.2. The standard InChI is InChI=1S/C18H17N3O/c1-21(2)13-7-8-15-16(10-18(22)20-17(15)9-13)14-6-4-3-5-12(14)11-19/h3-9,16H,10H2,1-2H3,(H,20,22). The number of fused-ring (bicyclic) bond motifs is 1. The molecule has 2 aromatic carbocycles. The van der Waals surface area contributed by atoms with Crippen LogP contribution in [0.3, 0.4) is 0 Å². The van der Waals surface area contributed by atoms with Gasteiger partial charge in [0, 0.05) is 37.8 Å². The van der Waals surface area contributed by atoms with Gasteiger partial charge >= 0.3 is 0 Å². The molecule has 3 rings (SSSR count). The van der Waals surface area contributed by atoms with E-state index in [0.29, 0.717) is 12.0 Å². The smallest absolute Gasteiger partial charge is 0.225 e. The largest absolute Gasteiger partial charge is 0.378 e. The predicted octanol–water partition coefficient (Wildman–Crippen LogP) is 3.10. The molecule has 0 aliphatic carbocycles. The Bertz CT molecular complexity index is 774. The molecule has 1 atom stereocenters. The highest BCUT2D eigenvalue weighted by atomic mass is 16.1. The van der Waals surface area contributed by atoms with E-state index in [0.717, 1.165) is 22.5 Å². The number of nitriles is 1. The molecule has 1 heterocycles. The first-order chi connectivity index (χ1) is 10.6. The van der Waals surface area contributed by atoms with E-state index in [1.54, 1.807) is 6.07 Å². The fourth-order valence-corrected chi connectivity index (χ4v) is 2.91. The SMILES string of the molecule is CN(C)c1ccc2c(c1)NC(=O)CC2c1ccccc1C#N. The van der Waals surface area contributed by atoms with Gasteiger partial charge in [-0.3, -0.25) is 4.79 Å². The fourth-order valence-electron chi connectivity index (χ4n) is 2.91. The Morgan fingerprint density at radius 3 is 2.68 bits per heavy atom. The summed E-state index contributed by atoms with van der Waals surface area (Å²) < 4.78 is 0. The molecular formula is C18H17N3O. The second kappa shape index (κ2) is 5.53. The van der Waals surface area contributed by atoms with E-state index in [1.807, 2.05) is 55.4 Å². The number of hydrogen-bond acceptors (Lipinski definition) is 3. The Labute approximate surface area is 130 Å². The lowest BCUT2D eigenvalue weighted by Gasteiger charge is -2.28. The van der Waals surface area contributed by atoms with Crippen LogP contribution in [0.15, 0.2) is 42.5 Å². The highest BCUT2D eigenvalue weighted by molar-refractivity contribution is 5.96. The van der Waals surface area contributed by atoms with E-state index in [9.17, 15) is 10.1 Å². The lowest BCUT2D eigenvalue weighted by Crippen LogP contribution is -2.24. The zero-order valence-electron chi connectivity index (χ0n) is 12.6. The van der Waals surface area contributed by atoms with Crippen molar-refractivity contribution < 1.29 is 4.79 Å². The van der Waals surface area contributed by atoms with Crippen molar-refractivity contribution in [3.8, 4) is 6.07 Å². The quantitative estimate of drug-likeness (QED) is 0.925. The summed E-state index contributed by atoms with van der Waals surface area (Å²) in [5, 5.41) is 12.3. The number of nitrogens with zero attached hydrogens (tertiary/aromatic N) is 2. The molecule has 0 radical (unpaired) electrons. The number of hydrogen-bond donors (Lipinski definition) is 1. The highest BCUT2D eigenvalue weighted by Crippen LogP contribution is 2.39. The van der Waals surface area contributed by atoms with E-state index in [-0.39, 0.29) is 11.8 Å². The van der Waals surface area contributed by atoms with Crippen LogP contribution in [0.1, 0.15) is 29.0 Å². The summed E-state index contributed by atoms with van der Waals surface area (Å²) in [5.41, 5.74) is 4.48. The molecule has 0 spiro atoms.